The standard InChI is InChI=1S/C24H30N4O2S/c1-15-9-10-18(16(2)13-15)25-23(30)21-17(3)20-22(29)26-19(27-24(20)31-21)14-28-11-7-5-4-6-8-12-28/h9-10,13H,4-8,11-12,14H2,1-3H3,(H,25,30)(H,26,27,29). The second-order valence-electron chi connectivity index (χ2n) is 8.57. The Hall–Kier alpha value is -2.51. The minimum absolute atomic E-state index is 0.161. The van der Waals surface area contributed by atoms with Crippen molar-refractivity contribution in [1.29, 1.82) is 0 Å². The van der Waals surface area contributed by atoms with Gasteiger partial charge in [0.25, 0.3) is 11.5 Å². The zero-order valence-corrected chi connectivity index (χ0v) is 19.3. The maximum Gasteiger partial charge on any atom is 0.266 e. The molecule has 3 heterocycles. The summed E-state index contributed by atoms with van der Waals surface area (Å²) in [5.74, 6) is 0.484. The Bertz CT molecular complexity index is 1160. The smallest absolute Gasteiger partial charge is 0.266 e. The minimum Gasteiger partial charge on any atom is -0.321 e. The number of H-pyrrole nitrogens is 1. The van der Waals surface area contributed by atoms with E-state index in [1.54, 1.807) is 0 Å². The highest BCUT2D eigenvalue weighted by molar-refractivity contribution is 7.20. The van der Waals surface area contributed by atoms with E-state index < -0.39 is 0 Å². The van der Waals surface area contributed by atoms with Crippen molar-refractivity contribution in [1.82, 2.24) is 14.9 Å². The zero-order valence-electron chi connectivity index (χ0n) is 18.5. The lowest BCUT2D eigenvalue weighted by Crippen LogP contribution is -2.28. The van der Waals surface area contributed by atoms with Gasteiger partial charge in [-0.15, -0.1) is 11.3 Å². The van der Waals surface area contributed by atoms with Crippen LogP contribution >= 0.6 is 11.3 Å². The van der Waals surface area contributed by atoms with Crippen molar-refractivity contribution in [2.75, 3.05) is 18.4 Å². The number of aryl methyl sites for hydroxylation is 3. The van der Waals surface area contributed by atoms with Gasteiger partial charge in [0.05, 0.1) is 16.8 Å². The Morgan fingerprint density at radius 2 is 1.84 bits per heavy atom. The molecule has 3 aromatic rings. The number of hydrogen-bond donors (Lipinski definition) is 2. The van der Waals surface area contributed by atoms with Crippen molar-refractivity contribution >= 4 is 33.1 Å². The van der Waals surface area contributed by atoms with E-state index in [0.717, 1.165) is 29.9 Å². The van der Waals surface area contributed by atoms with E-state index in [0.29, 0.717) is 33.0 Å². The van der Waals surface area contributed by atoms with Crippen molar-refractivity contribution in [2.24, 2.45) is 0 Å². The van der Waals surface area contributed by atoms with E-state index in [-0.39, 0.29) is 11.5 Å². The first-order valence-electron chi connectivity index (χ1n) is 11.1. The summed E-state index contributed by atoms with van der Waals surface area (Å²) in [4.78, 5) is 37.0. The fourth-order valence-electron chi connectivity index (χ4n) is 4.30. The van der Waals surface area contributed by atoms with Crippen LogP contribution in [0.4, 0.5) is 5.69 Å². The summed E-state index contributed by atoms with van der Waals surface area (Å²) >= 11 is 1.30. The van der Waals surface area contributed by atoms with Gasteiger partial charge in [-0.05, 0) is 63.9 Å². The lowest BCUT2D eigenvalue weighted by molar-refractivity contribution is 0.103. The van der Waals surface area contributed by atoms with Gasteiger partial charge in [0.1, 0.15) is 10.7 Å². The molecular formula is C24H30N4O2S. The van der Waals surface area contributed by atoms with E-state index in [2.05, 4.69) is 15.2 Å². The van der Waals surface area contributed by atoms with Crippen LogP contribution in [-0.2, 0) is 6.54 Å². The first-order chi connectivity index (χ1) is 14.9. The zero-order chi connectivity index (χ0) is 22.0. The topological polar surface area (TPSA) is 78.1 Å². The van der Waals surface area contributed by atoms with E-state index in [4.69, 9.17) is 4.98 Å². The molecule has 4 rings (SSSR count). The van der Waals surface area contributed by atoms with Crippen LogP contribution in [0.15, 0.2) is 23.0 Å². The lowest BCUT2D eigenvalue weighted by atomic mass is 10.1. The number of fused-ring (bicyclic) bond motifs is 1. The number of carbonyl (C=O) groups excluding carboxylic acids is 1. The summed E-state index contributed by atoms with van der Waals surface area (Å²) in [7, 11) is 0. The average molecular weight is 439 g/mol. The van der Waals surface area contributed by atoms with E-state index >= 15 is 0 Å². The lowest BCUT2D eigenvalue weighted by Gasteiger charge is -2.23. The van der Waals surface area contributed by atoms with Crippen LogP contribution in [-0.4, -0.2) is 33.9 Å². The fourth-order valence-corrected chi connectivity index (χ4v) is 5.39. The molecule has 0 radical (unpaired) electrons. The number of anilines is 1. The normalized spacial score (nSPS) is 15.6. The van der Waals surface area contributed by atoms with E-state index in [1.165, 1.54) is 43.4 Å². The van der Waals surface area contributed by atoms with Gasteiger partial charge in [-0.25, -0.2) is 4.98 Å². The molecule has 2 N–H and O–H groups in total. The maximum absolute atomic E-state index is 13.0. The van der Waals surface area contributed by atoms with Crippen LogP contribution in [0.2, 0.25) is 0 Å². The summed E-state index contributed by atoms with van der Waals surface area (Å²) in [5.41, 5.74) is 3.47. The highest BCUT2D eigenvalue weighted by atomic mass is 32.1. The third-order valence-corrected chi connectivity index (χ3v) is 7.19. The quantitative estimate of drug-likeness (QED) is 0.605. The van der Waals surface area contributed by atoms with E-state index in [1.807, 2.05) is 39.0 Å². The largest absolute Gasteiger partial charge is 0.321 e. The molecule has 0 unspecified atom stereocenters. The summed E-state index contributed by atoms with van der Waals surface area (Å²) in [6.07, 6.45) is 6.22. The molecule has 0 aliphatic carbocycles. The van der Waals surface area contributed by atoms with Crippen LogP contribution in [0.1, 0.15) is 64.3 Å². The molecule has 164 valence electrons. The van der Waals surface area contributed by atoms with Crippen LogP contribution in [0, 0.1) is 20.8 Å². The molecule has 1 fully saturated rings. The summed E-state index contributed by atoms with van der Waals surface area (Å²) in [6, 6.07) is 5.93. The van der Waals surface area contributed by atoms with Gasteiger partial charge >= 0.3 is 0 Å². The van der Waals surface area contributed by atoms with Gasteiger partial charge in [-0.3, -0.25) is 14.5 Å². The summed E-state index contributed by atoms with van der Waals surface area (Å²) < 4.78 is 0. The fraction of sp³-hybridized carbons (Fsp3) is 0.458. The van der Waals surface area contributed by atoms with Gasteiger partial charge in [0.15, 0.2) is 0 Å². The molecule has 0 spiro atoms. The number of likely N-dealkylation sites (tertiary alicyclic amines) is 1. The second kappa shape index (κ2) is 9.32. The van der Waals surface area contributed by atoms with Gasteiger partial charge < -0.3 is 10.3 Å². The summed E-state index contributed by atoms with van der Waals surface area (Å²) in [5, 5.41) is 3.51. The molecular weight excluding hydrogens is 408 g/mol. The highest BCUT2D eigenvalue weighted by Crippen LogP contribution is 2.28. The Kier molecular flexibility index (Phi) is 6.53. The van der Waals surface area contributed by atoms with Crippen LogP contribution in [0.25, 0.3) is 10.2 Å². The number of aromatic amines is 1. The Labute approximate surface area is 186 Å². The van der Waals surface area contributed by atoms with Gasteiger partial charge in [-0.2, -0.15) is 0 Å². The van der Waals surface area contributed by atoms with Gasteiger partial charge in [0, 0.05) is 5.69 Å². The number of hydrogen-bond acceptors (Lipinski definition) is 5. The predicted octanol–water partition coefficient (Wildman–Crippen LogP) is 4.93. The monoisotopic (exact) mass is 438 g/mol. The van der Waals surface area contributed by atoms with Crippen LogP contribution < -0.4 is 10.9 Å². The number of thiophene rings is 1. The average Bonchev–Trinajstić information content (AvgIpc) is 3.03. The highest BCUT2D eigenvalue weighted by Gasteiger charge is 2.20. The van der Waals surface area contributed by atoms with Crippen molar-refractivity contribution < 1.29 is 4.79 Å². The van der Waals surface area contributed by atoms with Gasteiger partial charge in [0.2, 0.25) is 0 Å². The molecule has 0 atom stereocenters. The second-order valence-corrected chi connectivity index (χ2v) is 9.56. The molecule has 1 saturated heterocycles. The van der Waals surface area contributed by atoms with E-state index in [9.17, 15) is 9.59 Å². The minimum atomic E-state index is -0.197. The first kappa shape index (κ1) is 21.7. The van der Waals surface area contributed by atoms with Crippen molar-refractivity contribution in [3.63, 3.8) is 0 Å². The van der Waals surface area contributed by atoms with Crippen molar-refractivity contribution in [3.8, 4) is 0 Å². The number of aromatic nitrogens is 2. The molecule has 1 aliphatic rings. The SMILES string of the molecule is Cc1ccc(NC(=O)c2sc3nc(CN4CCCCCCC4)[nH]c(=O)c3c2C)c(C)c1. The molecule has 2 aromatic heterocycles. The van der Waals surface area contributed by atoms with Crippen molar-refractivity contribution in [3.05, 3.63) is 55.9 Å². The molecule has 6 nitrogen and oxygen atoms in total. The molecule has 7 heteroatoms. The Balaban J connectivity index is 1.59. The molecule has 1 aliphatic heterocycles. The number of carbonyl (C=O) groups is 1. The third kappa shape index (κ3) is 4.88. The molecule has 1 aromatic carbocycles. The number of benzene rings is 1. The van der Waals surface area contributed by atoms with Crippen LogP contribution in [0.5, 0.6) is 0 Å². The van der Waals surface area contributed by atoms with Gasteiger partial charge in [-0.1, -0.05) is 37.0 Å². The number of rotatable bonds is 4. The number of nitrogens with zero attached hydrogens (tertiary/aromatic N) is 2. The summed E-state index contributed by atoms with van der Waals surface area (Å²) in [6.45, 7) is 8.54. The molecule has 1 amide bonds. The molecule has 0 bridgehead atoms. The first-order valence-corrected chi connectivity index (χ1v) is 11.9. The number of amides is 1. The maximum atomic E-state index is 13.0. The molecule has 0 saturated carbocycles. The van der Waals surface area contributed by atoms with Crippen molar-refractivity contribution in [2.45, 2.75) is 59.4 Å². The predicted molar refractivity (Wildman–Crippen MR) is 127 cm³/mol. The molecule has 31 heavy (non-hydrogen) atoms. The number of nitrogens with one attached hydrogen (secondary N) is 2. The Morgan fingerprint density at radius 3 is 2.55 bits per heavy atom. The third-order valence-electron chi connectivity index (χ3n) is 6.01. The Morgan fingerprint density at radius 1 is 1.13 bits per heavy atom. The van der Waals surface area contributed by atoms with Crippen LogP contribution in [0.3, 0.4) is 0 Å².